The minimum Gasteiger partial charge on any atom is -0.454 e. The van der Waals surface area contributed by atoms with Crippen molar-refractivity contribution in [2.45, 2.75) is 26.7 Å². The quantitative estimate of drug-likeness (QED) is 0.470. The van der Waals surface area contributed by atoms with E-state index in [2.05, 4.69) is 6.92 Å². The van der Waals surface area contributed by atoms with Crippen LogP contribution in [0.25, 0.3) is 0 Å². The van der Waals surface area contributed by atoms with E-state index < -0.39 is 10.9 Å². The maximum absolute atomic E-state index is 11.9. The largest absolute Gasteiger partial charge is 0.454 e. The molecule has 0 radical (unpaired) electrons. The number of ketones is 1. The summed E-state index contributed by atoms with van der Waals surface area (Å²) in [5.41, 5.74) is 0.479. The molecule has 1 saturated heterocycles. The predicted molar refractivity (Wildman–Crippen MR) is 84.7 cm³/mol. The van der Waals surface area contributed by atoms with Crippen molar-refractivity contribution in [1.82, 2.24) is 0 Å². The van der Waals surface area contributed by atoms with E-state index in [0.29, 0.717) is 11.6 Å². The second-order valence-corrected chi connectivity index (χ2v) is 5.93. The van der Waals surface area contributed by atoms with Gasteiger partial charge >= 0.3 is 5.97 Å². The SMILES string of the molecule is CC(=O)COC(=O)c1ccc(N2CCC[C@@H](C)C2)c([N+](=O)[O-])c1. The number of benzene rings is 1. The molecule has 0 amide bonds. The highest BCUT2D eigenvalue weighted by atomic mass is 16.6. The van der Waals surface area contributed by atoms with Crippen LogP contribution in [0, 0.1) is 16.0 Å². The van der Waals surface area contributed by atoms with Crippen LogP contribution in [0.15, 0.2) is 18.2 Å². The van der Waals surface area contributed by atoms with Crippen molar-refractivity contribution in [1.29, 1.82) is 0 Å². The van der Waals surface area contributed by atoms with E-state index in [4.69, 9.17) is 4.74 Å². The van der Waals surface area contributed by atoms with Crippen molar-refractivity contribution in [2.75, 3.05) is 24.6 Å². The molecule has 1 atom stereocenters. The lowest BCUT2D eigenvalue weighted by Gasteiger charge is -2.32. The molecule has 124 valence electrons. The topological polar surface area (TPSA) is 89.8 Å². The first-order valence-corrected chi connectivity index (χ1v) is 7.58. The Hall–Kier alpha value is -2.44. The van der Waals surface area contributed by atoms with Crippen LogP contribution in [0.1, 0.15) is 37.0 Å². The fourth-order valence-corrected chi connectivity index (χ4v) is 2.72. The summed E-state index contributed by atoms with van der Waals surface area (Å²) in [6.45, 7) is 4.61. The molecular formula is C16H20N2O5. The van der Waals surface area contributed by atoms with Crippen molar-refractivity contribution in [2.24, 2.45) is 5.92 Å². The van der Waals surface area contributed by atoms with E-state index in [1.54, 1.807) is 6.07 Å². The number of anilines is 1. The van der Waals surface area contributed by atoms with Gasteiger partial charge in [0.1, 0.15) is 12.3 Å². The number of piperidine rings is 1. The Kier molecular flexibility index (Phi) is 5.31. The molecule has 7 heteroatoms. The average molecular weight is 320 g/mol. The van der Waals surface area contributed by atoms with Gasteiger partial charge in [0.2, 0.25) is 0 Å². The minimum absolute atomic E-state index is 0.0757. The Balaban J connectivity index is 2.26. The van der Waals surface area contributed by atoms with Crippen molar-refractivity contribution < 1.29 is 19.2 Å². The number of Topliss-reactive ketones (excluding diaryl/α,β-unsaturated/α-hetero) is 1. The zero-order valence-corrected chi connectivity index (χ0v) is 13.3. The number of nitro benzene ring substituents is 1. The van der Waals surface area contributed by atoms with Crippen molar-refractivity contribution in [3.05, 3.63) is 33.9 Å². The Morgan fingerprint density at radius 2 is 2.17 bits per heavy atom. The molecule has 1 aromatic rings. The van der Waals surface area contributed by atoms with Gasteiger partial charge in [0.05, 0.1) is 10.5 Å². The van der Waals surface area contributed by atoms with Gasteiger partial charge in [-0.15, -0.1) is 0 Å². The Labute approximate surface area is 134 Å². The molecule has 0 aliphatic carbocycles. The van der Waals surface area contributed by atoms with Gasteiger partial charge in [0.25, 0.3) is 5.69 Å². The summed E-state index contributed by atoms with van der Waals surface area (Å²) in [6.07, 6.45) is 2.10. The first kappa shape index (κ1) is 16.9. The van der Waals surface area contributed by atoms with Gasteiger partial charge in [-0.2, -0.15) is 0 Å². The number of esters is 1. The third-order valence-electron chi connectivity index (χ3n) is 3.81. The normalized spacial score (nSPS) is 17.7. The minimum atomic E-state index is -0.734. The van der Waals surface area contributed by atoms with Gasteiger partial charge in [-0.25, -0.2) is 4.79 Å². The van der Waals surface area contributed by atoms with Gasteiger partial charge < -0.3 is 9.64 Å². The van der Waals surface area contributed by atoms with Gasteiger partial charge in [-0.3, -0.25) is 14.9 Å². The van der Waals surface area contributed by atoms with E-state index in [1.807, 2.05) is 4.90 Å². The van der Waals surface area contributed by atoms with Crippen LogP contribution in [0.5, 0.6) is 0 Å². The fraction of sp³-hybridized carbons (Fsp3) is 0.500. The Morgan fingerprint density at radius 3 is 2.78 bits per heavy atom. The van der Waals surface area contributed by atoms with Crippen LogP contribution < -0.4 is 4.90 Å². The molecule has 0 unspecified atom stereocenters. The summed E-state index contributed by atoms with van der Waals surface area (Å²) in [4.78, 5) is 35.6. The van der Waals surface area contributed by atoms with Gasteiger partial charge in [-0.1, -0.05) is 6.92 Å². The van der Waals surface area contributed by atoms with Gasteiger partial charge in [-0.05, 0) is 37.8 Å². The average Bonchev–Trinajstić information content (AvgIpc) is 2.51. The molecule has 1 aromatic carbocycles. The summed E-state index contributed by atoms with van der Waals surface area (Å²) in [5.74, 6) is -0.544. The molecule has 1 aliphatic heterocycles. The molecule has 0 saturated carbocycles. The van der Waals surface area contributed by atoms with E-state index in [-0.39, 0.29) is 23.6 Å². The monoisotopic (exact) mass is 320 g/mol. The summed E-state index contributed by atoms with van der Waals surface area (Å²) in [6, 6.07) is 4.31. The highest BCUT2D eigenvalue weighted by Crippen LogP contribution is 2.32. The predicted octanol–water partition coefficient (Wildman–Crippen LogP) is 2.58. The standard InChI is InChI=1S/C16H20N2O5/c1-11-4-3-7-17(9-11)14-6-5-13(8-15(14)18(21)22)16(20)23-10-12(2)19/h5-6,8,11H,3-4,7,9-10H2,1-2H3/t11-/m1/s1. The lowest BCUT2D eigenvalue weighted by molar-refractivity contribution is -0.384. The number of rotatable bonds is 5. The number of nitro groups is 1. The highest BCUT2D eigenvalue weighted by molar-refractivity contribution is 5.93. The van der Waals surface area contributed by atoms with Crippen molar-refractivity contribution in [3.8, 4) is 0 Å². The van der Waals surface area contributed by atoms with E-state index >= 15 is 0 Å². The zero-order chi connectivity index (χ0) is 17.0. The fourth-order valence-electron chi connectivity index (χ4n) is 2.72. The first-order chi connectivity index (χ1) is 10.9. The third-order valence-corrected chi connectivity index (χ3v) is 3.81. The molecule has 0 N–H and O–H groups in total. The molecule has 1 aliphatic rings. The van der Waals surface area contributed by atoms with Crippen LogP contribution in [0.4, 0.5) is 11.4 Å². The number of hydrogen-bond donors (Lipinski definition) is 0. The van der Waals surface area contributed by atoms with Crippen molar-refractivity contribution >= 4 is 23.1 Å². The van der Waals surface area contributed by atoms with Crippen LogP contribution in [0.3, 0.4) is 0 Å². The smallest absolute Gasteiger partial charge is 0.338 e. The van der Waals surface area contributed by atoms with Gasteiger partial charge in [0.15, 0.2) is 5.78 Å². The first-order valence-electron chi connectivity index (χ1n) is 7.58. The van der Waals surface area contributed by atoms with E-state index in [9.17, 15) is 19.7 Å². The van der Waals surface area contributed by atoms with Crippen molar-refractivity contribution in [3.63, 3.8) is 0 Å². The maximum atomic E-state index is 11.9. The number of hydrogen-bond acceptors (Lipinski definition) is 6. The van der Waals surface area contributed by atoms with Crippen LogP contribution in [-0.4, -0.2) is 36.4 Å². The Bertz CT molecular complexity index is 629. The Morgan fingerprint density at radius 1 is 1.43 bits per heavy atom. The molecule has 23 heavy (non-hydrogen) atoms. The second kappa shape index (κ2) is 7.21. The summed E-state index contributed by atoms with van der Waals surface area (Å²) >= 11 is 0. The molecule has 0 spiro atoms. The molecule has 0 bridgehead atoms. The molecule has 7 nitrogen and oxygen atoms in total. The molecule has 2 rings (SSSR count). The zero-order valence-electron chi connectivity index (χ0n) is 13.3. The second-order valence-electron chi connectivity index (χ2n) is 5.93. The molecule has 0 aromatic heterocycles. The summed E-state index contributed by atoms with van der Waals surface area (Å²) < 4.78 is 4.80. The third kappa shape index (κ3) is 4.28. The number of carbonyl (C=O) groups excluding carboxylic acids is 2. The van der Waals surface area contributed by atoms with E-state index in [1.165, 1.54) is 19.1 Å². The number of nitrogens with zero attached hydrogens (tertiary/aromatic N) is 2. The summed E-state index contributed by atoms with van der Waals surface area (Å²) in [7, 11) is 0. The van der Waals surface area contributed by atoms with E-state index in [0.717, 1.165) is 25.9 Å². The lowest BCUT2D eigenvalue weighted by Crippen LogP contribution is -2.34. The molecular weight excluding hydrogens is 300 g/mol. The summed E-state index contributed by atoms with van der Waals surface area (Å²) in [5, 5.41) is 11.4. The highest BCUT2D eigenvalue weighted by Gasteiger charge is 2.25. The van der Waals surface area contributed by atoms with Gasteiger partial charge in [0, 0.05) is 19.2 Å². The maximum Gasteiger partial charge on any atom is 0.338 e. The number of ether oxygens (including phenoxy) is 1. The molecule has 1 fully saturated rings. The van der Waals surface area contributed by atoms with Crippen LogP contribution in [0.2, 0.25) is 0 Å². The number of carbonyl (C=O) groups is 2. The van der Waals surface area contributed by atoms with Crippen LogP contribution >= 0.6 is 0 Å². The lowest BCUT2D eigenvalue weighted by atomic mass is 9.99. The van der Waals surface area contributed by atoms with Crippen LogP contribution in [-0.2, 0) is 9.53 Å². The molecule has 1 heterocycles.